The molecule has 0 atom stereocenters. The van der Waals surface area contributed by atoms with E-state index >= 15 is 0 Å². The molecule has 0 unspecified atom stereocenters. The van der Waals surface area contributed by atoms with Gasteiger partial charge in [-0.1, -0.05) is 30.4 Å². The Bertz CT molecular complexity index is 1030. The standard InChI is InChI=1S/C23H18O3/c24-20-10-6-19-15-22(13-9-18(19)14-20)26-21-11-7-17(8-12-21)23(25)16-4-2-1-3-5-16/h2,4-15,24H,1,3H2. The first-order valence-electron chi connectivity index (χ1n) is 8.61. The Balaban J connectivity index is 1.52. The molecule has 0 saturated heterocycles. The number of benzene rings is 3. The second-order valence-electron chi connectivity index (χ2n) is 6.29. The lowest BCUT2D eigenvalue weighted by molar-refractivity contribution is 0.103. The lowest BCUT2D eigenvalue weighted by Gasteiger charge is -2.09. The van der Waals surface area contributed by atoms with Gasteiger partial charge >= 0.3 is 0 Å². The molecule has 0 heterocycles. The molecule has 1 N–H and O–H groups in total. The van der Waals surface area contributed by atoms with Crippen molar-refractivity contribution in [2.75, 3.05) is 0 Å². The Kier molecular flexibility index (Phi) is 4.28. The number of Topliss-reactive ketones (excluding diaryl/α,β-unsaturated/α-hetero) is 1. The molecule has 0 saturated carbocycles. The number of hydrogen-bond acceptors (Lipinski definition) is 3. The van der Waals surface area contributed by atoms with E-state index in [4.69, 9.17) is 4.74 Å². The molecule has 0 aliphatic heterocycles. The Hall–Kier alpha value is -3.33. The van der Waals surface area contributed by atoms with E-state index < -0.39 is 0 Å². The molecule has 0 fully saturated rings. The van der Waals surface area contributed by atoms with Crippen molar-refractivity contribution in [1.82, 2.24) is 0 Å². The van der Waals surface area contributed by atoms with Crippen molar-refractivity contribution in [3.05, 3.63) is 90.0 Å². The minimum atomic E-state index is 0.0398. The molecule has 1 aliphatic carbocycles. The molecule has 3 aromatic carbocycles. The van der Waals surface area contributed by atoms with Crippen LogP contribution < -0.4 is 4.74 Å². The quantitative estimate of drug-likeness (QED) is 0.610. The van der Waals surface area contributed by atoms with Crippen LogP contribution in [0.3, 0.4) is 0 Å². The van der Waals surface area contributed by atoms with Crippen molar-refractivity contribution >= 4 is 16.6 Å². The van der Waals surface area contributed by atoms with E-state index in [2.05, 4.69) is 0 Å². The monoisotopic (exact) mass is 342 g/mol. The number of ether oxygens (including phenoxy) is 1. The fourth-order valence-corrected chi connectivity index (χ4v) is 3.03. The molecular weight excluding hydrogens is 324 g/mol. The number of phenols is 1. The van der Waals surface area contributed by atoms with E-state index in [0.717, 1.165) is 29.2 Å². The molecule has 0 amide bonds. The number of fused-ring (bicyclic) bond motifs is 1. The van der Waals surface area contributed by atoms with E-state index in [0.29, 0.717) is 17.1 Å². The van der Waals surface area contributed by atoms with Gasteiger partial charge in [-0.15, -0.1) is 0 Å². The van der Waals surface area contributed by atoms with Crippen LogP contribution in [0.2, 0.25) is 0 Å². The predicted octanol–water partition coefficient (Wildman–Crippen LogP) is 5.80. The zero-order chi connectivity index (χ0) is 17.9. The van der Waals surface area contributed by atoms with Crippen LogP contribution in [0.5, 0.6) is 17.2 Å². The van der Waals surface area contributed by atoms with Crippen molar-refractivity contribution < 1.29 is 14.6 Å². The van der Waals surface area contributed by atoms with Crippen LogP contribution in [-0.2, 0) is 0 Å². The summed E-state index contributed by atoms with van der Waals surface area (Å²) in [5.41, 5.74) is 1.41. The lowest BCUT2D eigenvalue weighted by atomic mass is 9.98. The Morgan fingerprint density at radius 3 is 2.35 bits per heavy atom. The molecular formula is C23H18O3. The summed E-state index contributed by atoms with van der Waals surface area (Å²) in [6.45, 7) is 0. The molecule has 1 aliphatic rings. The van der Waals surface area contributed by atoms with Crippen molar-refractivity contribution in [1.29, 1.82) is 0 Å². The van der Waals surface area contributed by atoms with Crippen LogP contribution in [0.1, 0.15) is 23.2 Å². The van der Waals surface area contributed by atoms with Crippen LogP contribution in [-0.4, -0.2) is 10.9 Å². The summed E-state index contributed by atoms with van der Waals surface area (Å²) in [4.78, 5) is 12.5. The molecule has 0 aromatic heterocycles. The summed E-state index contributed by atoms with van der Waals surface area (Å²) in [6.07, 6.45) is 7.82. The van der Waals surface area contributed by atoms with Crippen molar-refractivity contribution in [2.45, 2.75) is 12.8 Å². The highest BCUT2D eigenvalue weighted by Crippen LogP contribution is 2.28. The largest absolute Gasteiger partial charge is 0.508 e. The summed E-state index contributed by atoms with van der Waals surface area (Å²) in [5, 5.41) is 11.5. The minimum Gasteiger partial charge on any atom is -0.508 e. The van der Waals surface area contributed by atoms with Gasteiger partial charge in [0.2, 0.25) is 0 Å². The number of aromatic hydroxyl groups is 1. The molecule has 4 rings (SSSR count). The van der Waals surface area contributed by atoms with E-state index in [1.54, 1.807) is 36.4 Å². The highest BCUT2D eigenvalue weighted by molar-refractivity contribution is 6.10. The van der Waals surface area contributed by atoms with Crippen LogP contribution in [0.15, 0.2) is 84.5 Å². The first kappa shape index (κ1) is 16.2. The second kappa shape index (κ2) is 6.89. The van der Waals surface area contributed by atoms with E-state index in [9.17, 15) is 9.90 Å². The van der Waals surface area contributed by atoms with Gasteiger partial charge < -0.3 is 9.84 Å². The number of allylic oxidation sites excluding steroid dienone is 4. The first-order valence-corrected chi connectivity index (χ1v) is 8.61. The number of carbonyl (C=O) groups is 1. The molecule has 3 aromatic rings. The normalized spacial score (nSPS) is 13.5. The number of ketones is 1. The van der Waals surface area contributed by atoms with Crippen LogP contribution in [0, 0.1) is 0 Å². The highest BCUT2D eigenvalue weighted by Gasteiger charge is 2.11. The number of phenolic OH excluding ortho intramolecular Hbond substituents is 1. The molecule has 26 heavy (non-hydrogen) atoms. The third kappa shape index (κ3) is 3.38. The van der Waals surface area contributed by atoms with Gasteiger partial charge in [-0.05, 0) is 72.1 Å². The zero-order valence-electron chi connectivity index (χ0n) is 14.2. The third-order valence-corrected chi connectivity index (χ3v) is 4.40. The highest BCUT2D eigenvalue weighted by atomic mass is 16.5. The number of carbonyl (C=O) groups excluding carboxylic acids is 1. The van der Waals surface area contributed by atoms with Crippen molar-refractivity contribution in [3.8, 4) is 17.2 Å². The average Bonchev–Trinajstić information content (AvgIpc) is 2.69. The molecule has 128 valence electrons. The maximum absolute atomic E-state index is 12.5. The van der Waals surface area contributed by atoms with E-state index in [1.807, 2.05) is 42.5 Å². The first-order chi connectivity index (χ1) is 12.7. The van der Waals surface area contributed by atoms with Crippen molar-refractivity contribution in [2.24, 2.45) is 0 Å². The van der Waals surface area contributed by atoms with Gasteiger partial charge in [0, 0.05) is 11.1 Å². The van der Waals surface area contributed by atoms with Crippen LogP contribution >= 0.6 is 0 Å². The zero-order valence-corrected chi connectivity index (χ0v) is 14.2. The average molecular weight is 342 g/mol. The maximum atomic E-state index is 12.5. The van der Waals surface area contributed by atoms with Crippen LogP contribution in [0.4, 0.5) is 0 Å². The Labute approximate surface area is 151 Å². The van der Waals surface area contributed by atoms with Crippen LogP contribution in [0.25, 0.3) is 10.8 Å². The van der Waals surface area contributed by atoms with Gasteiger partial charge in [0.15, 0.2) is 5.78 Å². The number of hydrogen-bond donors (Lipinski definition) is 1. The molecule has 3 heteroatoms. The van der Waals surface area contributed by atoms with Gasteiger partial charge in [-0.2, -0.15) is 0 Å². The van der Waals surface area contributed by atoms with Gasteiger partial charge in [-0.25, -0.2) is 0 Å². The molecule has 0 bridgehead atoms. The minimum absolute atomic E-state index is 0.0398. The summed E-state index contributed by atoms with van der Waals surface area (Å²) in [5.74, 6) is 1.67. The van der Waals surface area contributed by atoms with Gasteiger partial charge in [0.25, 0.3) is 0 Å². The van der Waals surface area contributed by atoms with E-state index in [1.165, 1.54) is 0 Å². The third-order valence-electron chi connectivity index (χ3n) is 4.40. The lowest BCUT2D eigenvalue weighted by Crippen LogP contribution is -2.03. The fraction of sp³-hybridized carbons (Fsp3) is 0.0870. The maximum Gasteiger partial charge on any atom is 0.192 e. The SMILES string of the molecule is O=C(C1=CCCC=C1)c1ccc(Oc2ccc3cc(O)ccc3c2)cc1. The smallest absolute Gasteiger partial charge is 0.192 e. The summed E-state index contributed by atoms with van der Waals surface area (Å²) in [6, 6.07) is 18.1. The molecule has 0 spiro atoms. The number of rotatable bonds is 4. The predicted molar refractivity (Wildman–Crippen MR) is 103 cm³/mol. The van der Waals surface area contributed by atoms with Gasteiger partial charge in [0.1, 0.15) is 17.2 Å². The Morgan fingerprint density at radius 2 is 1.58 bits per heavy atom. The van der Waals surface area contributed by atoms with Gasteiger partial charge in [-0.3, -0.25) is 4.79 Å². The summed E-state index contributed by atoms with van der Waals surface area (Å²) < 4.78 is 5.89. The topological polar surface area (TPSA) is 46.5 Å². The second-order valence-corrected chi connectivity index (χ2v) is 6.29. The summed E-state index contributed by atoms with van der Waals surface area (Å²) >= 11 is 0. The fourth-order valence-electron chi connectivity index (χ4n) is 3.03. The van der Waals surface area contributed by atoms with Gasteiger partial charge in [0.05, 0.1) is 0 Å². The summed E-state index contributed by atoms with van der Waals surface area (Å²) in [7, 11) is 0. The van der Waals surface area contributed by atoms with Crippen molar-refractivity contribution in [3.63, 3.8) is 0 Å². The Morgan fingerprint density at radius 1 is 0.846 bits per heavy atom. The molecule has 0 radical (unpaired) electrons. The van der Waals surface area contributed by atoms with E-state index in [-0.39, 0.29) is 11.5 Å². The molecule has 3 nitrogen and oxygen atoms in total.